The molecule has 2 aromatic rings. The number of hydrogen-bond acceptors (Lipinski definition) is 7. The summed E-state index contributed by atoms with van der Waals surface area (Å²) >= 11 is 0. The van der Waals surface area contributed by atoms with Crippen LogP contribution in [0.25, 0.3) is 16.5 Å². The molecule has 1 saturated carbocycles. The van der Waals surface area contributed by atoms with Crippen molar-refractivity contribution in [3.8, 4) is 11.5 Å². The Labute approximate surface area is 175 Å². The maximum Gasteiger partial charge on any atom is 0.255 e. The second-order valence-electron chi connectivity index (χ2n) is 8.35. The Morgan fingerprint density at radius 1 is 0.968 bits per heavy atom. The number of amides is 1. The summed E-state index contributed by atoms with van der Waals surface area (Å²) in [5.41, 5.74) is 4.97. The van der Waals surface area contributed by atoms with Gasteiger partial charge in [-0.05, 0) is 24.7 Å². The Morgan fingerprint density at radius 3 is 2.26 bits per heavy atom. The molecule has 8 heteroatoms. The van der Waals surface area contributed by atoms with Crippen molar-refractivity contribution in [1.29, 1.82) is 0 Å². The van der Waals surface area contributed by atoms with Gasteiger partial charge in [0.2, 0.25) is 0 Å². The van der Waals surface area contributed by atoms with Crippen LogP contribution in [0.3, 0.4) is 0 Å². The van der Waals surface area contributed by atoms with Crippen molar-refractivity contribution in [3.63, 3.8) is 0 Å². The molecule has 3 atom stereocenters. The SMILES string of the molecule is NC(=O)C1=C(O)C2C(=O)C3=C(O)c4c(c(O)c5ccccc5c4O)C[C@H]3CC2CC1=O. The van der Waals surface area contributed by atoms with Gasteiger partial charge in [-0.25, -0.2) is 0 Å². The number of nitrogens with two attached hydrogens (primary N) is 1. The molecule has 5 rings (SSSR count). The van der Waals surface area contributed by atoms with E-state index in [0.29, 0.717) is 16.3 Å². The van der Waals surface area contributed by atoms with Gasteiger partial charge in [0.25, 0.3) is 5.91 Å². The smallest absolute Gasteiger partial charge is 0.255 e. The Hall–Kier alpha value is -3.81. The molecule has 8 nitrogen and oxygen atoms in total. The van der Waals surface area contributed by atoms with Gasteiger partial charge in [-0.3, -0.25) is 14.4 Å². The summed E-state index contributed by atoms with van der Waals surface area (Å²) in [6, 6.07) is 6.63. The molecule has 158 valence electrons. The van der Waals surface area contributed by atoms with Crippen LogP contribution in [0.2, 0.25) is 0 Å². The molecule has 0 bridgehead atoms. The van der Waals surface area contributed by atoms with E-state index in [1.807, 2.05) is 0 Å². The molecule has 0 aromatic heterocycles. The van der Waals surface area contributed by atoms with Gasteiger partial charge >= 0.3 is 0 Å². The highest BCUT2D eigenvalue weighted by atomic mass is 16.3. The number of aliphatic hydroxyl groups excluding tert-OH is 2. The number of primary amides is 1. The molecule has 2 unspecified atom stereocenters. The number of carbonyl (C=O) groups is 3. The van der Waals surface area contributed by atoms with Gasteiger partial charge in [-0.2, -0.15) is 0 Å². The Bertz CT molecular complexity index is 1290. The molecule has 1 amide bonds. The number of allylic oxidation sites excluding steroid dienone is 2. The van der Waals surface area contributed by atoms with Gasteiger partial charge < -0.3 is 26.2 Å². The fraction of sp³-hybridized carbons (Fsp3) is 0.261. The lowest BCUT2D eigenvalue weighted by Gasteiger charge is -2.41. The van der Waals surface area contributed by atoms with E-state index in [1.165, 1.54) is 0 Å². The molecule has 31 heavy (non-hydrogen) atoms. The van der Waals surface area contributed by atoms with E-state index in [9.17, 15) is 34.8 Å². The van der Waals surface area contributed by atoms with E-state index >= 15 is 0 Å². The second-order valence-corrected chi connectivity index (χ2v) is 8.35. The summed E-state index contributed by atoms with van der Waals surface area (Å²) in [4.78, 5) is 37.3. The first-order valence-corrected chi connectivity index (χ1v) is 9.91. The van der Waals surface area contributed by atoms with E-state index < -0.39 is 52.3 Å². The number of Topliss-reactive ketones (excluding diaryl/α,β-unsaturated/α-hetero) is 2. The van der Waals surface area contributed by atoms with Crippen molar-refractivity contribution >= 4 is 34.0 Å². The molecular formula is C23H19NO7. The fourth-order valence-electron chi connectivity index (χ4n) is 5.44. The lowest BCUT2D eigenvalue weighted by atomic mass is 9.61. The zero-order valence-corrected chi connectivity index (χ0v) is 16.3. The molecule has 6 N–H and O–H groups in total. The number of rotatable bonds is 1. The molecule has 2 aromatic carbocycles. The van der Waals surface area contributed by atoms with Gasteiger partial charge in [-0.15, -0.1) is 0 Å². The number of aromatic hydroxyl groups is 2. The van der Waals surface area contributed by atoms with Gasteiger partial charge in [0.15, 0.2) is 11.6 Å². The molecule has 0 heterocycles. The number of fused-ring (bicyclic) bond motifs is 4. The lowest BCUT2D eigenvalue weighted by molar-refractivity contribution is -0.127. The third-order valence-corrected chi connectivity index (χ3v) is 6.74. The first-order chi connectivity index (χ1) is 14.7. The van der Waals surface area contributed by atoms with Crippen LogP contribution in [0.5, 0.6) is 11.5 Å². The van der Waals surface area contributed by atoms with E-state index in [0.717, 1.165) is 0 Å². The average molecular weight is 421 g/mol. The minimum absolute atomic E-state index is 0.0141. The zero-order valence-electron chi connectivity index (χ0n) is 16.3. The molecule has 3 aliphatic rings. The molecule has 0 aliphatic heterocycles. The molecule has 1 fully saturated rings. The van der Waals surface area contributed by atoms with Crippen molar-refractivity contribution in [3.05, 3.63) is 52.3 Å². The monoisotopic (exact) mass is 421 g/mol. The Morgan fingerprint density at radius 2 is 1.61 bits per heavy atom. The minimum atomic E-state index is -1.16. The van der Waals surface area contributed by atoms with Crippen LogP contribution >= 0.6 is 0 Å². The van der Waals surface area contributed by atoms with Gasteiger partial charge in [0.05, 0.1) is 11.5 Å². The summed E-state index contributed by atoms with van der Waals surface area (Å²) in [5, 5.41) is 44.0. The lowest BCUT2D eigenvalue weighted by Crippen LogP contribution is -2.44. The predicted molar refractivity (Wildman–Crippen MR) is 109 cm³/mol. The van der Waals surface area contributed by atoms with Crippen LogP contribution in [0.4, 0.5) is 0 Å². The fourth-order valence-corrected chi connectivity index (χ4v) is 5.44. The Kier molecular flexibility index (Phi) is 3.92. The maximum atomic E-state index is 13.3. The number of aliphatic hydroxyl groups is 2. The topological polar surface area (TPSA) is 158 Å². The summed E-state index contributed by atoms with van der Waals surface area (Å²) in [6.45, 7) is 0. The largest absolute Gasteiger partial charge is 0.511 e. The highest BCUT2D eigenvalue weighted by Crippen LogP contribution is 2.53. The van der Waals surface area contributed by atoms with E-state index in [-0.39, 0.29) is 41.9 Å². The van der Waals surface area contributed by atoms with Crippen molar-refractivity contribution in [2.45, 2.75) is 19.3 Å². The van der Waals surface area contributed by atoms with Crippen LogP contribution < -0.4 is 5.73 Å². The van der Waals surface area contributed by atoms with Crippen molar-refractivity contribution in [1.82, 2.24) is 0 Å². The van der Waals surface area contributed by atoms with E-state index in [1.54, 1.807) is 24.3 Å². The van der Waals surface area contributed by atoms with Crippen LogP contribution in [-0.4, -0.2) is 37.9 Å². The standard InChI is InChI=1S/C23H19NO7/c24-23(31)17-13(25)7-9-5-8-6-12-16(21(29)14(8)20(28)15(9)22(17)30)19(27)11-4-2-1-3-10(11)18(12)26/h1-4,8-9,15,26-27,29-30H,5-7H2,(H2,24,31)/t8-,9?,15?/m1/s1. The summed E-state index contributed by atoms with van der Waals surface area (Å²) in [7, 11) is 0. The first-order valence-electron chi connectivity index (χ1n) is 9.91. The van der Waals surface area contributed by atoms with Crippen LogP contribution in [0, 0.1) is 17.8 Å². The highest BCUT2D eigenvalue weighted by Gasteiger charge is 2.51. The number of hydrogen-bond donors (Lipinski definition) is 5. The highest BCUT2D eigenvalue weighted by molar-refractivity contribution is 6.21. The number of phenols is 2. The average Bonchev–Trinajstić information content (AvgIpc) is 2.71. The van der Waals surface area contributed by atoms with E-state index in [4.69, 9.17) is 5.73 Å². The second kappa shape index (κ2) is 6.34. The normalized spacial score (nSPS) is 25.4. The van der Waals surface area contributed by atoms with Crippen molar-refractivity contribution < 1.29 is 34.8 Å². The van der Waals surface area contributed by atoms with Gasteiger partial charge in [0.1, 0.15) is 28.6 Å². The third-order valence-electron chi connectivity index (χ3n) is 6.74. The third kappa shape index (κ3) is 2.44. The predicted octanol–water partition coefficient (Wildman–Crippen LogP) is 2.17. The number of phenolic OH excluding ortho intramolecular Hbond substituents is 2. The summed E-state index contributed by atoms with van der Waals surface area (Å²) < 4.78 is 0. The molecule has 0 spiro atoms. The number of ketones is 2. The number of benzene rings is 2. The van der Waals surface area contributed by atoms with Crippen LogP contribution in [0.15, 0.2) is 41.2 Å². The van der Waals surface area contributed by atoms with Crippen LogP contribution in [0.1, 0.15) is 24.0 Å². The minimum Gasteiger partial charge on any atom is -0.511 e. The molecule has 0 saturated heterocycles. The quantitative estimate of drug-likeness (QED) is 0.349. The maximum absolute atomic E-state index is 13.3. The molecule has 0 radical (unpaired) electrons. The van der Waals surface area contributed by atoms with Crippen molar-refractivity contribution in [2.24, 2.45) is 23.5 Å². The molecule has 3 aliphatic carbocycles. The summed E-state index contributed by atoms with van der Waals surface area (Å²) in [6.07, 6.45) is 0.338. The van der Waals surface area contributed by atoms with Crippen molar-refractivity contribution in [2.75, 3.05) is 0 Å². The Balaban J connectivity index is 1.73. The first kappa shape index (κ1) is 19.2. The molecular weight excluding hydrogens is 402 g/mol. The van der Waals surface area contributed by atoms with Gasteiger partial charge in [0, 0.05) is 28.3 Å². The zero-order chi connectivity index (χ0) is 22.2. The van der Waals surface area contributed by atoms with Gasteiger partial charge in [-0.1, -0.05) is 24.3 Å². The number of carbonyl (C=O) groups excluding carboxylic acids is 3. The van der Waals surface area contributed by atoms with E-state index in [2.05, 4.69) is 0 Å². The van der Waals surface area contributed by atoms with Crippen LogP contribution in [-0.2, 0) is 20.8 Å². The summed E-state index contributed by atoms with van der Waals surface area (Å²) in [5.74, 6) is -6.00.